The third kappa shape index (κ3) is 8.50. The molecule has 0 atom stereocenters. The molecule has 3 nitrogen and oxygen atoms in total. The minimum Gasteiger partial charge on any atom is -0.381 e. The summed E-state index contributed by atoms with van der Waals surface area (Å²) in [6.07, 6.45) is 1.86. The Hall–Kier alpha value is -1.68. The molecule has 0 spiro atoms. The fourth-order valence-electron chi connectivity index (χ4n) is 2.16. The first-order valence-corrected chi connectivity index (χ1v) is 8.26. The Labute approximate surface area is 139 Å². The van der Waals surface area contributed by atoms with Crippen LogP contribution in [0.4, 0.5) is 0 Å². The van der Waals surface area contributed by atoms with E-state index in [1.54, 1.807) is 0 Å². The summed E-state index contributed by atoms with van der Waals surface area (Å²) in [5, 5.41) is 0. The number of hydrogen-bond acceptors (Lipinski definition) is 3. The Kier molecular flexibility index (Phi) is 9.09. The highest BCUT2D eigenvalue weighted by atomic mass is 16.5. The summed E-state index contributed by atoms with van der Waals surface area (Å²) in [6, 6.07) is 20.4. The molecule has 2 aromatic rings. The Bertz CT molecular complexity index is 451. The highest BCUT2D eigenvalue weighted by molar-refractivity contribution is 5.14. The molecule has 0 N–H and O–H groups in total. The zero-order valence-corrected chi connectivity index (χ0v) is 13.7. The van der Waals surface area contributed by atoms with Gasteiger partial charge in [0.15, 0.2) is 0 Å². The van der Waals surface area contributed by atoms with Gasteiger partial charge in [-0.1, -0.05) is 60.7 Å². The van der Waals surface area contributed by atoms with E-state index in [9.17, 15) is 0 Å². The fraction of sp³-hybridized carbons (Fsp3) is 0.400. The Morgan fingerprint density at radius 1 is 0.478 bits per heavy atom. The fourth-order valence-corrected chi connectivity index (χ4v) is 2.16. The van der Waals surface area contributed by atoms with Crippen LogP contribution in [0.1, 0.15) is 24.0 Å². The molecule has 0 aliphatic rings. The lowest BCUT2D eigenvalue weighted by atomic mass is 10.2. The van der Waals surface area contributed by atoms with Crippen molar-refractivity contribution in [2.24, 2.45) is 0 Å². The molecule has 0 bridgehead atoms. The lowest BCUT2D eigenvalue weighted by Crippen LogP contribution is -2.04. The second kappa shape index (κ2) is 11.8. The van der Waals surface area contributed by atoms with E-state index < -0.39 is 0 Å². The molecule has 0 radical (unpaired) electrons. The first kappa shape index (κ1) is 17.7. The summed E-state index contributed by atoms with van der Waals surface area (Å²) in [7, 11) is 0. The minimum absolute atomic E-state index is 0.675. The van der Waals surface area contributed by atoms with Crippen molar-refractivity contribution < 1.29 is 14.2 Å². The van der Waals surface area contributed by atoms with Gasteiger partial charge >= 0.3 is 0 Å². The van der Waals surface area contributed by atoms with Gasteiger partial charge in [0.25, 0.3) is 0 Å². The molecule has 2 aromatic carbocycles. The summed E-state index contributed by atoms with van der Waals surface area (Å²) in [5.74, 6) is 0. The molecule has 0 unspecified atom stereocenters. The topological polar surface area (TPSA) is 27.7 Å². The van der Waals surface area contributed by atoms with E-state index >= 15 is 0 Å². The van der Waals surface area contributed by atoms with E-state index in [1.165, 1.54) is 11.1 Å². The van der Waals surface area contributed by atoms with Crippen molar-refractivity contribution >= 4 is 0 Å². The molecular formula is C20H26O3. The molecule has 0 aliphatic carbocycles. The average Bonchev–Trinajstić information content (AvgIpc) is 2.61. The van der Waals surface area contributed by atoms with Crippen LogP contribution in [0.25, 0.3) is 0 Å². The molecule has 124 valence electrons. The first-order chi connectivity index (χ1) is 11.4. The molecule has 0 heterocycles. The van der Waals surface area contributed by atoms with E-state index in [0.29, 0.717) is 13.2 Å². The zero-order chi connectivity index (χ0) is 16.0. The van der Waals surface area contributed by atoms with Crippen molar-refractivity contribution in [3.63, 3.8) is 0 Å². The highest BCUT2D eigenvalue weighted by Crippen LogP contribution is 2.02. The van der Waals surface area contributed by atoms with E-state index in [2.05, 4.69) is 24.3 Å². The number of benzene rings is 2. The second-order valence-corrected chi connectivity index (χ2v) is 5.40. The van der Waals surface area contributed by atoms with Gasteiger partial charge in [-0.15, -0.1) is 0 Å². The van der Waals surface area contributed by atoms with Crippen LogP contribution in [-0.4, -0.2) is 26.4 Å². The van der Waals surface area contributed by atoms with Gasteiger partial charge in [0.2, 0.25) is 0 Å². The van der Waals surface area contributed by atoms with Crippen molar-refractivity contribution in [3.8, 4) is 0 Å². The summed E-state index contributed by atoms with van der Waals surface area (Å²) < 4.78 is 16.8. The highest BCUT2D eigenvalue weighted by Gasteiger charge is 1.95. The second-order valence-electron chi connectivity index (χ2n) is 5.40. The summed E-state index contributed by atoms with van der Waals surface area (Å²) >= 11 is 0. The maximum atomic E-state index is 5.61. The number of hydrogen-bond donors (Lipinski definition) is 0. The Morgan fingerprint density at radius 2 is 0.870 bits per heavy atom. The van der Waals surface area contributed by atoms with Crippen molar-refractivity contribution in [2.75, 3.05) is 26.4 Å². The van der Waals surface area contributed by atoms with Crippen LogP contribution >= 0.6 is 0 Å². The molecule has 0 amide bonds. The molecule has 0 fully saturated rings. The Morgan fingerprint density at radius 3 is 1.30 bits per heavy atom. The lowest BCUT2D eigenvalue weighted by Gasteiger charge is -2.07. The van der Waals surface area contributed by atoms with Crippen LogP contribution in [0.3, 0.4) is 0 Å². The minimum atomic E-state index is 0.675. The lowest BCUT2D eigenvalue weighted by molar-refractivity contribution is 0.0564. The molecule has 0 saturated heterocycles. The number of ether oxygens (including phenoxy) is 3. The van der Waals surface area contributed by atoms with Crippen LogP contribution in [0.5, 0.6) is 0 Å². The van der Waals surface area contributed by atoms with E-state index in [1.807, 2.05) is 36.4 Å². The van der Waals surface area contributed by atoms with E-state index in [4.69, 9.17) is 14.2 Å². The number of rotatable bonds is 12. The van der Waals surface area contributed by atoms with Crippen molar-refractivity contribution in [2.45, 2.75) is 26.1 Å². The Balaban J connectivity index is 1.34. The molecule has 0 aliphatic heterocycles. The molecule has 0 aromatic heterocycles. The monoisotopic (exact) mass is 314 g/mol. The first-order valence-electron chi connectivity index (χ1n) is 8.26. The maximum Gasteiger partial charge on any atom is 0.0716 e. The normalized spacial score (nSPS) is 10.8. The average molecular weight is 314 g/mol. The largest absolute Gasteiger partial charge is 0.381 e. The van der Waals surface area contributed by atoms with Crippen LogP contribution in [-0.2, 0) is 27.4 Å². The van der Waals surface area contributed by atoms with Crippen LogP contribution < -0.4 is 0 Å². The molecular weight excluding hydrogens is 288 g/mol. The van der Waals surface area contributed by atoms with Crippen LogP contribution in [0.2, 0.25) is 0 Å². The van der Waals surface area contributed by atoms with Gasteiger partial charge in [-0.25, -0.2) is 0 Å². The summed E-state index contributed by atoms with van der Waals surface area (Å²) in [4.78, 5) is 0. The molecule has 3 heteroatoms. The third-order valence-electron chi connectivity index (χ3n) is 3.38. The van der Waals surface area contributed by atoms with Crippen LogP contribution in [0.15, 0.2) is 60.7 Å². The quantitative estimate of drug-likeness (QED) is 0.549. The van der Waals surface area contributed by atoms with Gasteiger partial charge in [0.05, 0.1) is 13.2 Å². The van der Waals surface area contributed by atoms with Crippen LogP contribution in [0, 0.1) is 0 Å². The van der Waals surface area contributed by atoms with Crippen molar-refractivity contribution in [3.05, 3.63) is 71.8 Å². The third-order valence-corrected chi connectivity index (χ3v) is 3.38. The predicted molar refractivity (Wildman–Crippen MR) is 92.2 cm³/mol. The maximum absolute atomic E-state index is 5.61. The molecule has 2 rings (SSSR count). The SMILES string of the molecule is c1ccc(COCCCOCCCOCc2ccccc2)cc1. The van der Waals surface area contributed by atoms with E-state index in [0.717, 1.165) is 39.3 Å². The van der Waals surface area contributed by atoms with Gasteiger partial charge in [0.1, 0.15) is 0 Å². The van der Waals surface area contributed by atoms with Gasteiger partial charge in [0, 0.05) is 26.4 Å². The molecule has 0 saturated carbocycles. The predicted octanol–water partition coefficient (Wildman–Crippen LogP) is 4.22. The summed E-state index contributed by atoms with van der Waals surface area (Å²) in [5.41, 5.74) is 2.42. The van der Waals surface area contributed by atoms with Gasteiger partial charge in [-0.05, 0) is 24.0 Å². The smallest absolute Gasteiger partial charge is 0.0716 e. The van der Waals surface area contributed by atoms with Crippen molar-refractivity contribution in [1.82, 2.24) is 0 Å². The van der Waals surface area contributed by atoms with Gasteiger partial charge in [-0.2, -0.15) is 0 Å². The summed E-state index contributed by atoms with van der Waals surface area (Å²) in [6.45, 7) is 4.31. The van der Waals surface area contributed by atoms with Gasteiger partial charge < -0.3 is 14.2 Å². The van der Waals surface area contributed by atoms with E-state index in [-0.39, 0.29) is 0 Å². The van der Waals surface area contributed by atoms with Gasteiger partial charge in [-0.3, -0.25) is 0 Å². The zero-order valence-electron chi connectivity index (χ0n) is 13.7. The van der Waals surface area contributed by atoms with Crippen molar-refractivity contribution in [1.29, 1.82) is 0 Å². The standard InChI is InChI=1S/C20H26O3/c1-3-9-19(10-4-1)17-22-15-7-13-21-14-8-16-23-18-20-11-5-2-6-12-20/h1-6,9-12H,7-8,13-18H2. The molecule has 23 heavy (non-hydrogen) atoms.